The minimum absolute atomic E-state index is 0.0671. The van der Waals surface area contributed by atoms with Gasteiger partial charge in [-0.15, -0.1) is 0 Å². The third kappa shape index (κ3) is 2.51. The van der Waals surface area contributed by atoms with Gasteiger partial charge in [-0.3, -0.25) is 8.49 Å². The average Bonchev–Trinajstić information content (AvgIpc) is 2.69. The first-order valence-electron chi connectivity index (χ1n) is 5.45. The number of benzene rings is 1. The molecule has 0 radical (unpaired) electrons. The number of hydrogen-bond donors (Lipinski definition) is 0. The lowest BCUT2D eigenvalue weighted by atomic mass is 10.1. The van der Waals surface area contributed by atoms with Crippen LogP contribution in [0.25, 0.3) is 0 Å². The summed E-state index contributed by atoms with van der Waals surface area (Å²) in [4.78, 5) is 0. The van der Waals surface area contributed by atoms with Gasteiger partial charge in [-0.2, -0.15) is 13.2 Å². The number of halogens is 3. The summed E-state index contributed by atoms with van der Waals surface area (Å²) < 4.78 is 55.4. The van der Waals surface area contributed by atoms with Crippen LogP contribution in [0.4, 0.5) is 18.9 Å². The lowest BCUT2D eigenvalue weighted by Gasteiger charge is -2.21. The smallest absolute Gasteiger partial charge is 0.272 e. The van der Waals surface area contributed by atoms with E-state index in [0.29, 0.717) is 18.7 Å². The van der Waals surface area contributed by atoms with Crippen molar-refractivity contribution in [2.75, 3.05) is 10.9 Å². The lowest BCUT2D eigenvalue weighted by molar-refractivity contribution is -0.137. The second-order valence-electron chi connectivity index (χ2n) is 3.93. The van der Waals surface area contributed by atoms with Crippen molar-refractivity contribution in [3.05, 3.63) is 29.8 Å². The average molecular weight is 279 g/mol. The Hall–Kier alpha value is -1.08. The molecule has 0 N–H and O–H groups in total. The monoisotopic (exact) mass is 279 g/mol. The molecule has 1 aliphatic rings. The summed E-state index contributed by atoms with van der Waals surface area (Å²) in [7, 11) is 0. The Balaban J connectivity index is 2.26. The highest BCUT2D eigenvalue weighted by Crippen LogP contribution is 2.32. The zero-order chi connectivity index (χ0) is 13.3. The fraction of sp³-hybridized carbons (Fsp3) is 0.455. The topological polar surface area (TPSA) is 29.5 Å². The quantitative estimate of drug-likeness (QED) is 0.833. The van der Waals surface area contributed by atoms with E-state index in [0.717, 1.165) is 12.1 Å². The highest BCUT2D eigenvalue weighted by molar-refractivity contribution is 7.82. The Morgan fingerprint density at radius 3 is 2.50 bits per heavy atom. The number of rotatable bonds is 2. The van der Waals surface area contributed by atoms with Crippen LogP contribution in [-0.2, 0) is 21.6 Å². The maximum Gasteiger partial charge on any atom is 0.416 e. The number of anilines is 1. The predicted molar refractivity (Wildman–Crippen MR) is 62.1 cm³/mol. The number of hydrogen-bond acceptors (Lipinski definition) is 2. The van der Waals surface area contributed by atoms with Gasteiger partial charge in [-0.05, 0) is 30.7 Å². The van der Waals surface area contributed by atoms with Gasteiger partial charge in [0, 0.05) is 0 Å². The Morgan fingerprint density at radius 2 is 2.00 bits per heavy atom. The summed E-state index contributed by atoms with van der Waals surface area (Å²) in [6, 6.07) is 4.54. The van der Waals surface area contributed by atoms with Gasteiger partial charge in [0.25, 0.3) is 11.3 Å². The van der Waals surface area contributed by atoms with Crippen molar-refractivity contribution in [1.29, 1.82) is 0 Å². The predicted octanol–water partition coefficient (Wildman–Crippen LogP) is 2.90. The SMILES string of the molecule is CC[C@@H]1COS(=O)N1c1ccc(C(F)(F)F)cc1. The van der Waals surface area contributed by atoms with Crippen molar-refractivity contribution in [2.45, 2.75) is 25.6 Å². The molecular weight excluding hydrogens is 267 g/mol. The molecule has 1 fully saturated rings. The highest BCUT2D eigenvalue weighted by atomic mass is 32.2. The van der Waals surface area contributed by atoms with Crippen molar-refractivity contribution < 1.29 is 21.6 Å². The molecule has 0 bridgehead atoms. The van der Waals surface area contributed by atoms with E-state index < -0.39 is 23.0 Å². The molecule has 1 unspecified atom stereocenters. The van der Waals surface area contributed by atoms with Crippen LogP contribution in [0.3, 0.4) is 0 Å². The summed E-state index contributed by atoms with van der Waals surface area (Å²) >= 11 is -1.62. The maximum atomic E-state index is 12.4. The Labute approximate surface area is 105 Å². The summed E-state index contributed by atoms with van der Waals surface area (Å²) in [5, 5.41) is 0. The van der Waals surface area contributed by atoms with E-state index >= 15 is 0 Å². The largest absolute Gasteiger partial charge is 0.416 e. The van der Waals surface area contributed by atoms with Crippen molar-refractivity contribution >= 4 is 17.0 Å². The van der Waals surface area contributed by atoms with Crippen LogP contribution in [0, 0.1) is 0 Å². The Bertz CT molecular complexity index is 447. The Kier molecular flexibility index (Phi) is 3.63. The molecule has 0 saturated carbocycles. The third-order valence-corrected chi connectivity index (χ3v) is 3.94. The van der Waals surface area contributed by atoms with Crippen LogP contribution in [0.2, 0.25) is 0 Å². The van der Waals surface area contributed by atoms with E-state index in [4.69, 9.17) is 4.18 Å². The van der Waals surface area contributed by atoms with Crippen LogP contribution in [0.1, 0.15) is 18.9 Å². The molecule has 0 aromatic heterocycles. The van der Waals surface area contributed by atoms with Gasteiger partial charge < -0.3 is 0 Å². The lowest BCUT2D eigenvalue weighted by Crippen LogP contribution is -2.30. The molecular formula is C11H12F3NO2S. The van der Waals surface area contributed by atoms with E-state index in [9.17, 15) is 17.4 Å². The van der Waals surface area contributed by atoms with Crippen molar-refractivity contribution in [2.24, 2.45) is 0 Å². The molecule has 100 valence electrons. The van der Waals surface area contributed by atoms with Crippen LogP contribution in [-0.4, -0.2) is 16.9 Å². The molecule has 1 aliphatic heterocycles. The molecule has 3 nitrogen and oxygen atoms in total. The molecule has 2 atom stereocenters. The van der Waals surface area contributed by atoms with Crippen molar-refractivity contribution in [3.8, 4) is 0 Å². The van der Waals surface area contributed by atoms with Gasteiger partial charge in [-0.25, -0.2) is 4.21 Å². The third-order valence-electron chi connectivity index (χ3n) is 2.77. The van der Waals surface area contributed by atoms with E-state index in [1.807, 2.05) is 6.92 Å². The zero-order valence-electron chi connectivity index (χ0n) is 9.61. The standard InChI is InChI=1S/C11H12F3NO2S/c1-2-9-7-17-18(16)15(9)10-5-3-8(4-6-10)11(12,13)14/h3-6,9H,2,7H2,1H3/t9-,18?/m1/s1. The van der Waals surface area contributed by atoms with E-state index in [2.05, 4.69) is 0 Å². The molecule has 1 saturated heterocycles. The summed E-state index contributed by atoms with van der Waals surface area (Å²) in [5.41, 5.74) is -0.240. The number of alkyl halides is 3. The van der Waals surface area contributed by atoms with Crippen molar-refractivity contribution in [1.82, 2.24) is 0 Å². The maximum absolute atomic E-state index is 12.4. The first-order chi connectivity index (χ1) is 8.43. The summed E-state index contributed by atoms with van der Waals surface area (Å²) in [6.07, 6.45) is -3.64. The molecule has 0 spiro atoms. The van der Waals surface area contributed by atoms with Gasteiger partial charge >= 0.3 is 6.18 Å². The van der Waals surface area contributed by atoms with Gasteiger partial charge in [0.1, 0.15) is 0 Å². The minimum Gasteiger partial charge on any atom is -0.272 e. The van der Waals surface area contributed by atoms with Gasteiger partial charge in [0.2, 0.25) is 0 Å². The normalized spacial score (nSPS) is 24.6. The molecule has 1 aromatic carbocycles. The molecule has 0 aliphatic carbocycles. The second-order valence-corrected chi connectivity index (χ2v) is 5.00. The van der Waals surface area contributed by atoms with Crippen LogP contribution in [0.15, 0.2) is 24.3 Å². The fourth-order valence-corrected chi connectivity index (χ4v) is 2.90. The molecule has 1 aromatic rings. The zero-order valence-corrected chi connectivity index (χ0v) is 10.4. The molecule has 18 heavy (non-hydrogen) atoms. The molecule has 1 heterocycles. The molecule has 2 rings (SSSR count). The van der Waals surface area contributed by atoms with Crippen LogP contribution >= 0.6 is 0 Å². The van der Waals surface area contributed by atoms with Gasteiger partial charge in [0.05, 0.1) is 23.9 Å². The van der Waals surface area contributed by atoms with Gasteiger partial charge in [-0.1, -0.05) is 6.92 Å². The van der Waals surface area contributed by atoms with Gasteiger partial charge in [0.15, 0.2) is 0 Å². The van der Waals surface area contributed by atoms with Crippen LogP contribution in [0.5, 0.6) is 0 Å². The summed E-state index contributed by atoms with van der Waals surface area (Å²) in [6.45, 7) is 2.23. The Morgan fingerprint density at radius 1 is 1.39 bits per heavy atom. The molecule has 7 heteroatoms. The second kappa shape index (κ2) is 4.89. The highest BCUT2D eigenvalue weighted by Gasteiger charge is 2.33. The fourth-order valence-electron chi connectivity index (χ4n) is 1.76. The van der Waals surface area contributed by atoms with E-state index in [1.165, 1.54) is 16.4 Å². The van der Waals surface area contributed by atoms with E-state index in [1.54, 1.807) is 0 Å². The first-order valence-corrected chi connectivity index (χ1v) is 6.48. The number of nitrogens with zero attached hydrogens (tertiary/aromatic N) is 1. The molecule has 0 amide bonds. The van der Waals surface area contributed by atoms with Crippen molar-refractivity contribution in [3.63, 3.8) is 0 Å². The van der Waals surface area contributed by atoms with Crippen LogP contribution < -0.4 is 4.31 Å². The van der Waals surface area contributed by atoms with E-state index in [-0.39, 0.29) is 6.04 Å². The summed E-state index contributed by atoms with van der Waals surface area (Å²) in [5.74, 6) is 0. The minimum atomic E-state index is -4.36. The first kappa shape index (κ1) is 13.4.